The third-order valence-corrected chi connectivity index (χ3v) is 3.95. The van der Waals surface area contributed by atoms with E-state index in [1.807, 2.05) is 37.3 Å². The van der Waals surface area contributed by atoms with Gasteiger partial charge in [-0.3, -0.25) is 14.4 Å². The number of rotatable bonds is 4. The van der Waals surface area contributed by atoms with Crippen molar-refractivity contribution in [1.29, 1.82) is 0 Å². The predicted octanol–water partition coefficient (Wildman–Crippen LogP) is 2.51. The van der Waals surface area contributed by atoms with Gasteiger partial charge in [0.1, 0.15) is 0 Å². The van der Waals surface area contributed by atoms with Crippen molar-refractivity contribution in [3.8, 4) is 0 Å². The van der Waals surface area contributed by atoms with E-state index in [9.17, 15) is 14.7 Å². The molecular formula is C17H19NO4. The normalized spacial score (nSPS) is 20.9. The van der Waals surface area contributed by atoms with Crippen LogP contribution in [0.4, 0.5) is 0 Å². The van der Waals surface area contributed by atoms with Crippen molar-refractivity contribution in [2.45, 2.75) is 13.3 Å². The molecule has 5 nitrogen and oxygen atoms in total. The third-order valence-electron chi connectivity index (χ3n) is 3.95. The van der Waals surface area contributed by atoms with Crippen LogP contribution in [0.15, 0.2) is 48.1 Å². The Morgan fingerprint density at radius 3 is 2.41 bits per heavy atom. The van der Waals surface area contributed by atoms with Gasteiger partial charge in [-0.1, -0.05) is 48.1 Å². The summed E-state index contributed by atoms with van der Waals surface area (Å²) in [5.74, 6) is -1.77. The lowest BCUT2D eigenvalue weighted by Crippen LogP contribution is -2.46. The lowest BCUT2D eigenvalue weighted by Gasteiger charge is -2.32. The average Bonchev–Trinajstić information content (AvgIpc) is 2.53. The van der Waals surface area contributed by atoms with Gasteiger partial charge in [0.15, 0.2) is 5.41 Å². The van der Waals surface area contributed by atoms with Gasteiger partial charge in [0.2, 0.25) is 0 Å². The van der Waals surface area contributed by atoms with E-state index in [-0.39, 0.29) is 6.42 Å². The van der Waals surface area contributed by atoms with E-state index in [0.717, 1.165) is 21.8 Å². The van der Waals surface area contributed by atoms with Crippen LogP contribution < -0.4 is 0 Å². The first kappa shape index (κ1) is 16.0. The first-order valence-corrected chi connectivity index (χ1v) is 6.92. The van der Waals surface area contributed by atoms with E-state index in [1.165, 1.54) is 20.2 Å². The summed E-state index contributed by atoms with van der Waals surface area (Å²) in [6, 6.07) is 9.68. The van der Waals surface area contributed by atoms with Crippen LogP contribution in [0.5, 0.6) is 0 Å². The number of hydrogen-bond donors (Lipinski definition) is 1. The van der Waals surface area contributed by atoms with Gasteiger partial charge < -0.3 is 5.11 Å². The molecule has 1 aliphatic rings. The molecule has 1 aromatic carbocycles. The van der Waals surface area contributed by atoms with Crippen molar-refractivity contribution in [2.24, 2.45) is 5.41 Å². The Labute approximate surface area is 129 Å². The summed E-state index contributed by atoms with van der Waals surface area (Å²) >= 11 is 0. The zero-order valence-electron chi connectivity index (χ0n) is 12.9. The van der Waals surface area contributed by atoms with Gasteiger partial charge in [0.05, 0.1) is 7.11 Å². The SMILES string of the molecule is CON(C)C(=O)C1(C(=O)O)C=CC(c2ccccc2)=C(C)C1. The first-order valence-electron chi connectivity index (χ1n) is 6.92. The van der Waals surface area contributed by atoms with E-state index in [2.05, 4.69) is 0 Å². The number of carboxylic acids is 1. The van der Waals surface area contributed by atoms with Gasteiger partial charge in [-0.2, -0.15) is 0 Å². The van der Waals surface area contributed by atoms with Gasteiger partial charge in [-0.15, -0.1) is 0 Å². The van der Waals surface area contributed by atoms with Gasteiger partial charge in [-0.25, -0.2) is 5.06 Å². The van der Waals surface area contributed by atoms with Crippen LogP contribution in [0.3, 0.4) is 0 Å². The van der Waals surface area contributed by atoms with Gasteiger partial charge in [-0.05, 0) is 24.5 Å². The summed E-state index contributed by atoms with van der Waals surface area (Å²) < 4.78 is 0. The van der Waals surface area contributed by atoms with E-state index >= 15 is 0 Å². The number of nitrogens with zero attached hydrogens (tertiary/aromatic N) is 1. The minimum absolute atomic E-state index is 0.121. The Hall–Kier alpha value is -2.40. The summed E-state index contributed by atoms with van der Waals surface area (Å²) in [6.45, 7) is 1.85. The fourth-order valence-electron chi connectivity index (χ4n) is 2.65. The summed E-state index contributed by atoms with van der Waals surface area (Å²) in [5, 5.41) is 10.6. The molecule has 0 heterocycles. The predicted molar refractivity (Wildman–Crippen MR) is 82.6 cm³/mol. The topological polar surface area (TPSA) is 66.8 Å². The molecule has 1 aromatic rings. The van der Waals surface area contributed by atoms with Crippen LogP contribution in [-0.2, 0) is 14.4 Å². The molecule has 0 radical (unpaired) electrons. The molecule has 1 amide bonds. The molecule has 0 saturated heterocycles. The van der Waals surface area contributed by atoms with Gasteiger partial charge in [0, 0.05) is 7.05 Å². The lowest BCUT2D eigenvalue weighted by atomic mass is 9.74. The molecule has 2 rings (SSSR count). The minimum Gasteiger partial charge on any atom is -0.480 e. The van der Waals surface area contributed by atoms with Crippen LogP contribution in [0, 0.1) is 5.41 Å². The summed E-state index contributed by atoms with van der Waals surface area (Å²) in [7, 11) is 2.74. The highest BCUT2D eigenvalue weighted by Crippen LogP contribution is 2.39. The number of hydroxylamine groups is 2. The largest absolute Gasteiger partial charge is 0.480 e. The van der Waals surface area contributed by atoms with Crippen LogP contribution in [-0.4, -0.2) is 36.2 Å². The smallest absolute Gasteiger partial charge is 0.323 e. The van der Waals surface area contributed by atoms with Crippen LogP contribution in [0.1, 0.15) is 18.9 Å². The average molecular weight is 301 g/mol. The third kappa shape index (κ3) is 2.67. The van der Waals surface area contributed by atoms with Crippen molar-refractivity contribution >= 4 is 17.4 Å². The molecular weight excluding hydrogens is 282 g/mol. The molecule has 1 unspecified atom stereocenters. The highest BCUT2D eigenvalue weighted by molar-refractivity contribution is 6.05. The highest BCUT2D eigenvalue weighted by atomic mass is 16.7. The van der Waals surface area contributed by atoms with Crippen molar-refractivity contribution in [2.75, 3.05) is 14.2 Å². The van der Waals surface area contributed by atoms with Gasteiger partial charge in [0.25, 0.3) is 5.91 Å². The number of allylic oxidation sites excluding steroid dienone is 3. The molecule has 1 aliphatic carbocycles. The molecule has 116 valence electrons. The summed E-state index contributed by atoms with van der Waals surface area (Å²) in [5.41, 5.74) is 1.19. The van der Waals surface area contributed by atoms with E-state index < -0.39 is 17.3 Å². The Morgan fingerprint density at radius 2 is 1.91 bits per heavy atom. The van der Waals surface area contributed by atoms with Crippen LogP contribution >= 0.6 is 0 Å². The first-order chi connectivity index (χ1) is 10.4. The fourth-order valence-corrected chi connectivity index (χ4v) is 2.65. The van der Waals surface area contributed by atoms with Crippen molar-refractivity contribution in [1.82, 2.24) is 5.06 Å². The fraction of sp³-hybridized carbons (Fsp3) is 0.294. The highest BCUT2D eigenvalue weighted by Gasteiger charge is 2.47. The minimum atomic E-state index is -1.62. The Bertz CT molecular complexity index is 648. The second-order valence-electron chi connectivity index (χ2n) is 5.33. The Kier molecular flexibility index (Phi) is 4.47. The maximum Gasteiger partial charge on any atom is 0.323 e. The number of amides is 1. The molecule has 0 spiro atoms. The van der Waals surface area contributed by atoms with Crippen molar-refractivity contribution in [3.05, 3.63) is 53.6 Å². The molecule has 1 N–H and O–H groups in total. The molecule has 0 saturated carbocycles. The van der Waals surface area contributed by atoms with E-state index in [1.54, 1.807) is 6.08 Å². The second kappa shape index (κ2) is 6.15. The zero-order valence-corrected chi connectivity index (χ0v) is 12.9. The molecule has 0 fully saturated rings. The van der Waals surface area contributed by atoms with Crippen LogP contribution in [0.2, 0.25) is 0 Å². The summed E-state index contributed by atoms with van der Waals surface area (Å²) in [4.78, 5) is 29.0. The number of benzene rings is 1. The number of carbonyl (C=O) groups is 2. The maximum absolute atomic E-state index is 12.4. The van der Waals surface area contributed by atoms with Gasteiger partial charge >= 0.3 is 5.97 Å². The molecule has 1 atom stereocenters. The number of carboxylic acid groups (broad SMARTS) is 1. The molecule has 5 heteroatoms. The summed E-state index contributed by atoms with van der Waals surface area (Å²) in [6.07, 6.45) is 3.29. The standard InChI is InChI=1S/C17H19NO4/c1-12-11-17(16(20)21,15(19)18(2)22-3)10-9-14(12)13-7-5-4-6-8-13/h4-10H,11H2,1-3H3,(H,20,21). The Balaban J connectivity index is 2.41. The zero-order chi connectivity index (χ0) is 16.3. The maximum atomic E-state index is 12.4. The molecule has 0 aliphatic heterocycles. The van der Waals surface area contributed by atoms with E-state index in [0.29, 0.717) is 0 Å². The second-order valence-corrected chi connectivity index (χ2v) is 5.33. The van der Waals surface area contributed by atoms with Crippen molar-refractivity contribution in [3.63, 3.8) is 0 Å². The van der Waals surface area contributed by atoms with Crippen LogP contribution in [0.25, 0.3) is 5.57 Å². The lowest BCUT2D eigenvalue weighted by molar-refractivity contribution is -0.183. The number of carbonyl (C=O) groups excluding carboxylic acids is 1. The van der Waals surface area contributed by atoms with Crippen molar-refractivity contribution < 1.29 is 19.5 Å². The molecule has 0 bridgehead atoms. The Morgan fingerprint density at radius 1 is 1.27 bits per heavy atom. The quantitative estimate of drug-likeness (QED) is 0.685. The molecule has 22 heavy (non-hydrogen) atoms. The monoisotopic (exact) mass is 301 g/mol. The molecule has 0 aromatic heterocycles. The number of hydrogen-bond acceptors (Lipinski definition) is 3. The number of aliphatic carboxylic acids is 1. The van der Waals surface area contributed by atoms with E-state index in [4.69, 9.17) is 4.84 Å².